The lowest BCUT2D eigenvalue weighted by molar-refractivity contribution is -0.141. The van der Waals surface area contributed by atoms with Gasteiger partial charge >= 0.3 is 5.97 Å². The Labute approximate surface area is 98.5 Å². The highest BCUT2D eigenvalue weighted by Crippen LogP contribution is 2.58. The van der Waals surface area contributed by atoms with Gasteiger partial charge in [-0.25, -0.2) is 4.98 Å². The summed E-state index contributed by atoms with van der Waals surface area (Å²) in [6.07, 6.45) is 1.16. The summed E-state index contributed by atoms with van der Waals surface area (Å²) in [7, 11) is 0. The van der Waals surface area contributed by atoms with E-state index in [1.54, 1.807) is 0 Å². The summed E-state index contributed by atoms with van der Waals surface area (Å²) in [6, 6.07) is 0. The minimum Gasteiger partial charge on any atom is -0.481 e. The molecule has 5 heteroatoms. The lowest BCUT2D eigenvalue weighted by Gasteiger charge is -2.51. The number of anilines is 1. The molecule has 1 aliphatic rings. The van der Waals surface area contributed by atoms with E-state index in [9.17, 15) is 4.79 Å². The van der Waals surface area contributed by atoms with Gasteiger partial charge in [0.2, 0.25) is 0 Å². The Bertz CT molecular complexity index is 414. The second-order valence-corrected chi connectivity index (χ2v) is 5.90. The third-order valence-corrected chi connectivity index (χ3v) is 4.48. The van der Waals surface area contributed by atoms with Crippen molar-refractivity contribution in [2.45, 2.75) is 32.6 Å². The molecule has 88 valence electrons. The van der Waals surface area contributed by atoms with Crippen LogP contribution in [0.5, 0.6) is 0 Å². The van der Waals surface area contributed by atoms with Gasteiger partial charge in [-0.05, 0) is 17.8 Å². The fourth-order valence-electron chi connectivity index (χ4n) is 2.54. The average molecular weight is 240 g/mol. The second-order valence-electron chi connectivity index (χ2n) is 5.02. The van der Waals surface area contributed by atoms with Crippen LogP contribution in [0.3, 0.4) is 0 Å². The van der Waals surface area contributed by atoms with Crippen molar-refractivity contribution in [1.82, 2.24) is 4.98 Å². The zero-order valence-electron chi connectivity index (χ0n) is 9.43. The molecule has 1 heterocycles. The van der Waals surface area contributed by atoms with E-state index in [1.807, 2.05) is 5.38 Å². The monoisotopic (exact) mass is 240 g/mol. The zero-order chi connectivity index (χ0) is 11.9. The summed E-state index contributed by atoms with van der Waals surface area (Å²) in [5.41, 5.74) is 6.65. The van der Waals surface area contributed by atoms with Crippen LogP contribution >= 0.6 is 11.3 Å². The Morgan fingerprint density at radius 1 is 1.75 bits per heavy atom. The van der Waals surface area contributed by atoms with Crippen LogP contribution in [-0.4, -0.2) is 16.1 Å². The quantitative estimate of drug-likeness (QED) is 0.850. The first-order valence-corrected chi connectivity index (χ1v) is 6.22. The molecule has 2 rings (SSSR count). The normalized spacial score (nSPS) is 27.4. The Morgan fingerprint density at radius 3 is 2.88 bits per heavy atom. The molecule has 3 N–H and O–H groups in total. The van der Waals surface area contributed by atoms with Crippen molar-refractivity contribution >= 4 is 22.4 Å². The van der Waals surface area contributed by atoms with Crippen molar-refractivity contribution in [1.29, 1.82) is 0 Å². The topological polar surface area (TPSA) is 76.2 Å². The molecule has 2 atom stereocenters. The summed E-state index contributed by atoms with van der Waals surface area (Å²) in [5, 5.41) is 11.4. The highest BCUT2D eigenvalue weighted by Gasteiger charge is 2.50. The van der Waals surface area contributed by atoms with E-state index in [0.29, 0.717) is 11.0 Å². The molecule has 2 unspecified atom stereocenters. The number of carbonyl (C=O) groups is 1. The van der Waals surface area contributed by atoms with E-state index in [4.69, 9.17) is 10.8 Å². The molecule has 0 amide bonds. The van der Waals surface area contributed by atoms with Gasteiger partial charge in [0.1, 0.15) is 0 Å². The molecule has 1 fully saturated rings. The molecule has 0 bridgehead atoms. The van der Waals surface area contributed by atoms with Crippen molar-refractivity contribution < 1.29 is 9.90 Å². The molecular weight excluding hydrogens is 224 g/mol. The molecule has 0 spiro atoms. The number of nitrogens with zero attached hydrogens (tertiary/aromatic N) is 1. The Morgan fingerprint density at radius 2 is 2.44 bits per heavy atom. The van der Waals surface area contributed by atoms with Crippen molar-refractivity contribution in [2.75, 3.05) is 5.73 Å². The summed E-state index contributed by atoms with van der Waals surface area (Å²) in [6.45, 7) is 4.23. The fourth-order valence-corrected chi connectivity index (χ4v) is 3.15. The summed E-state index contributed by atoms with van der Waals surface area (Å²) < 4.78 is 0. The smallest absolute Gasteiger partial charge is 0.303 e. The fraction of sp³-hybridized carbons (Fsp3) is 0.636. The number of aliphatic carboxylic acids is 1. The molecule has 0 aliphatic heterocycles. The van der Waals surface area contributed by atoms with Gasteiger partial charge in [-0.3, -0.25) is 4.79 Å². The molecule has 0 saturated heterocycles. The van der Waals surface area contributed by atoms with Gasteiger partial charge in [0.25, 0.3) is 0 Å². The summed E-state index contributed by atoms with van der Waals surface area (Å²) >= 11 is 1.45. The van der Waals surface area contributed by atoms with Crippen LogP contribution in [0.2, 0.25) is 0 Å². The summed E-state index contributed by atoms with van der Waals surface area (Å²) in [4.78, 5) is 15.0. The molecule has 1 aliphatic carbocycles. The van der Waals surface area contributed by atoms with Crippen molar-refractivity contribution in [2.24, 2.45) is 11.3 Å². The predicted octanol–water partition coefficient (Wildman–Crippen LogP) is 2.33. The summed E-state index contributed by atoms with van der Waals surface area (Å²) in [5.74, 6) is -0.113. The maximum atomic E-state index is 10.7. The highest BCUT2D eigenvalue weighted by atomic mass is 32.1. The largest absolute Gasteiger partial charge is 0.481 e. The number of carboxylic acids is 1. The minimum absolute atomic E-state index is 0.0128. The van der Waals surface area contributed by atoms with Gasteiger partial charge < -0.3 is 10.8 Å². The lowest BCUT2D eigenvalue weighted by Crippen LogP contribution is -2.44. The van der Waals surface area contributed by atoms with Crippen LogP contribution in [0.4, 0.5) is 5.13 Å². The number of thiazole rings is 1. The average Bonchev–Trinajstić information content (AvgIpc) is 2.58. The maximum absolute atomic E-state index is 10.7. The van der Waals surface area contributed by atoms with E-state index in [2.05, 4.69) is 18.8 Å². The number of aromatic nitrogens is 1. The van der Waals surface area contributed by atoms with Gasteiger partial charge in [-0.2, -0.15) is 0 Å². The Hall–Kier alpha value is -1.10. The number of rotatable bonds is 3. The second kappa shape index (κ2) is 3.73. The van der Waals surface area contributed by atoms with Gasteiger partial charge in [0.05, 0.1) is 5.69 Å². The predicted molar refractivity (Wildman–Crippen MR) is 63.4 cm³/mol. The van der Waals surface area contributed by atoms with E-state index < -0.39 is 5.97 Å². The van der Waals surface area contributed by atoms with E-state index in [1.165, 1.54) is 11.3 Å². The van der Waals surface area contributed by atoms with Crippen LogP contribution in [0.15, 0.2) is 5.38 Å². The first-order valence-electron chi connectivity index (χ1n) is 5.34. The molecule has 0 radical (unpaired) electrons. The lowest BCUT2D eigenvalue weighted by atomic mass is 9.53. The van der Waals surface area contributed by atoms with E-state index >= 15 is 0 Å². The molecule has 1 aromatic rings. The van der Waals surface area contributed by atoms with Gasteiger partial charge in [-0.1, -0.05) is 13.8 Å². The third kappa shape index (κ3) is 1.80. The van der Waals surface area contributed by atoms with E-state index in [-0.39, 0.29) is 17.8 Å². The number of hydrogen-bond acceptors (Lipinski definition) is 4. The zero-order valence-corrected chi connectivity index (χ0v) is 10.3. The van der Waals surface area contributed by atoms with Crippen molar-refractivity contribution in [3.63, 3.8) is 0 Å². The first kappa shape index (κ1) is 11.4. The van der Waals surface area contributed by atoms with Crippen molar-refractivity contribution in [3.05, 3.63) is 11.1 Å². The van der Waals surface area contributed by atoms with Gasteiger partial charge in [0, 0.05) is 17.7 Å². The third-order valence-electron chi connectivity index (χ3n) is 3.79. The van der Waals surface area contributed by atoms with Crippen LogP contribution in [0, 0.1) is 11.3 Å². The number of nitrogen functional groups attached to an aromatic ring is 1. The van der Waals surface area contributed by atoms with Crippen LogP contribution in [0.25, 0.3) is 0 Å². The minimum atomic E-state index is -0.714. The Balaban J connectivity index is 2.09. The Kier molecular flexibility index (Phi) is 2.66. The number of nitrogens with two attached hydrogens (primary N) is 1. The molecule has 16 heavy (non-hydrogen) atoms. The molecule has 0 aromatic carbocycles. The number of hydrogen-bond donors (Lipinski definition) is 2. The van der Waals surface area contributed by atoms with Crippen LogP contribution in [-0.2, 0) is 4.79 Å². The molecule has 1 aromatic heterocycles. The molecule has 1 saturated carbocycles. The van der Waals surface area contributed by atoms with E-state index in [0.717, 1.165) is 12.1 Å². The molecule has 4 nitrogen and oxygen atoms in total. The van der Waals surface area contributed by atoms with Crippen molar-refractivity contribution in [3.8, 4) is 0 Å². The maximum Gasteiger partial charge on any atom is 0.303 e. The molecular formula is C11H16N2O2S. The van der Waals surface area contributed by atoms with Gasteiger partial charge in [0.15, 0.2) is 5.13 Å². The SMILES string of the molecule is CC1(C)C(CC(=O)O)CC1c1csc(N)n1. The van der Waals surface area contributed by atoms with Gasteiger partial charge in [-0.15, -0.1) is 11.3 Å². The first-order chi connectivity index (χ1) is 7.41. The van der Waals surface area contributed by atoms with Crippen LogP contribution in [0.1, 0.15) is 38.3 Å². The van der Waals surface area contributed by atoms with Crippen LogP contribution < -0.4 is 5.73 Å². The standard InChI is InChI=1S/C11H16N2O2S/c1-11(2)6(4-9(14)15)3-7(11)8-5-16-10(12)13-8/h5-7H,3-4H2,1-2H3,(H2,12,13)(H,14,15). The number of carboxylic acid groups (broad SMARTS) is 1. The highest BCUT2D eigenvalue weighted by molar-refractivity contribution is 7.13.